The number of carbonyl (C=O) groups excluding carboxylic acids is 1. The Labute approximate surface area is 91.8 Å². The predicted octanol–water partition coefficient (Wildman–Crippen LogP) is 2.53. The molecule has 0 fully saturated rings. The van der Waals surface area contributed by atoms with Crippen LogP contribution in [0.4, 0.5) is 13.2 Å². The average Bonchev–Trinajstić information content (AvgIpc) is 2.45. The van der Waals surface area contributed by atoms with E-state index < -0.39 is 24.3 Å². The summed E-state index contributed by atoms with van der Waals surface area (Å²) >= 11 is 5.97. The Morgan fingerprint density at radius 2 is 2.20 bits per heavy atom. The first-order chi connectivity index (χ1) is 6.84. The van der Waals surface area contributed by atoms with Crippen molar-refractivity contribution in [1.82, 2.24) is 4.98 Å². The van der Waals surface area contributed by atoms with E-state index >= 15 is 0 Å². The van der Waals surface area contributed by atoms with Crippen molar-refractivity contribution in [3.8, 4) is 0 Å². The zero-order valence-electron chi connectivity index (χ0n) is 7.39. The molecule has 0 aliphatic heterocycles. The molecule has 0 radical (unpaired) electrons. The van der Waals surface area contributed by atoms with Crippen LogP contribution in [0.3, 0.4) is 0 Å². The molecule has 0 amide bonds. The second-order valence-corrected chi connectivity index (χ2v) is 4.16. The zero-order chi connectivity index (χ0) is 11.6. The fourth-order valence-corrected chi connectivity index (χ4v) is 2.02. The molecule has 15 heavy (non-hydrogen) atoms. The Morgan fingerprint density at radius 1 is 1.60 bits per heavy atom. The van der Waals surface area contributed by atoms with E-state index in [-0.39, 0.29) is 9.34 Å². The lowest BCUT2D eigenvalue weighted by atomic mass is 10.3. The van der Waals surface area contributed by atoms with E-state index in [2.05, 4.69) is 9.72 Å². The van der Waals surface area contributed by atoms with Crippen molar-refractivity contribution in [2.75, 3.05) is 7.11 Å². The Bertz CT molecular complexity index is 377. The molecule has 84 valence electrons. The first kappa shape index (κ1) is 12.3. The third-order valence-corrected chi connectivity index (χ3v) is 2.63. The highest BCUT2D eigenvalue weighted by Gasteiger charge is 2.37. The minimum atomic E-state index is -4.60. The third-order valence-electron chi connectivity index (χ3n) is 1.47. The summed E-state index contributed by atoms with van der Waals surface area (Å²) in [6.07, 6.45) is -5.08. The van der Waals surface area contributed by atoms with Gasteiger partial charge in [-0.1, -0.05) is 11.6 Å². The van der Waals surface area contributed by atoms with Gasteiger partial charge in [0.2, 0.25) is 0 Å². The fraction of sp³-hybridized carbons (Fsp3) is 0.429. The number of alkyl halides is 3. The van der Waals surface area contributed by atoms with Crippen LogP contribution in [0.5, 0.6) is 0 Å². The Balaban J connectivity index is 3.02. The van der Waals surface area contributed by atoms with Gasteiger partial charge in [0.15, 0.2) is 10.2 Å². The van der Waals surface area contributed by atoms with Crippen molar-refractivity contribution >= 4 is 28.9 Å². The summed E-state index contributed by atoms with van der Waals surface area (Å²) in [7, 11) is 1.10. The molecule has 1 rings (SSSR count). The fourth-order valence-electron chi connectivity index (χ4n) is 0.868. The molecule has 0 saturated carbocycles. The Hall–Kier alpha value is -0.820. The number of halogens is 4. The second-order valence-electron chi connectivity index (χ2n) is 2.49. The largest absolute Gasteiger partial charge is 0.469 e. The first-order valence-corrected chi connectivity index (χ1v) is 4.83. The minimum absolute atomic E-state index is 0.237. The molecule has 0 aromatic carbocycles. The van der Waals surface area contributed by atoms with Crippen LogP contribution in [0.15, 0.2) is 0 Å². The maximum atomic E-state index is 12.3. The van der Waals surface area contributed by atoms with Gasteiger partial charge in [-0.05, 0) is 0 Å². The number of carbonyl (C=O) groups is 1. The van der Waals surface area contributed by atoms with E-state index in [4.69, 9.17) is 11.6 Å². The molecule has 0 aliphatic carbocycles. The highest BCUT2D eigenvalue weighted by molar-refractivity contribution is 7.15. The molecule has 0 bridgehead atoms. The molecule has 1 aromatic heterocycles. The van der Waals surface area contributed by atoms with Crippen LogP contribution in [0.2, 0.25) is 4.47 Å². The average molecular weight is 260 g/mol. The van der Waals surface area contributed by atoms with Crippen LogP contribution in [0.1, 0.15) is 10.6 Å². The van der Waals surface area contributed by atoms with Gasteiger partial charge in [-0.15, -0.1) is 11.3 Å². The summed E-state index contributed by atoms with van der Waals surface area (Å²) < 4.78 is 41.1. The second kappa shape index (κ2) is 4.36. The topological polar surface area (TPSA) is 39.2 Å². The molecule has 1 aromatic rings. The van der Waals surface area contributed by atoms with Gasteiger partial charge < -0.3 is 4.74 Å². The van der Waals surface area contributed by atoms with Gasteiger partial charge in [0, 0.05) is 4.88 Å². The summed E-state index contributed by atoms with van der Waals surface area (Å²) in [4.78, 5) is 13.7. The SMILES string of the molecule is COC(=O)Cc1sc(Cl)nc1C(F)(F)F. The highest BCUT2D eigenvalue weighted by atomic mass is 35.5. The molecule has 0 aliphatic rings. The van der Waals surface area contributed by atoms with Crippen molar-refractivity contribution in [2.24, 2.45) is 0 Å². The van der Waals surface area contributed by atoms with E-state index in [0.717, 1.165) is 7.11 Å². The molecule has 0 unspecified atom stereocenters. The number of methoxy groups -OCH3 is 1. The molecule has 8 heteroatoms. The van der Waals surface area contributed by atoms with Crippen LogP contribution in [-0.4, -0.2) is 18.1 Å². The normalized spacial score (nSPS) is 11.5. The molecule has 3 nitrogen and oxygen atoms in total. The molecular weight excluding hydrogens is 255 g/mol. The number of nitrogens with zero attached hydrogens (tertiary/aromatic N) is 1. The maximum absolute atomic E-state index is 12.3. The van der Waals surface area contributed by atoms with E-state index in [0.29, 0.717) is 11.3 Å². The van der Waals surface area contributed by atoms with E-state index in [1.165, 1.54) is 0 Å². The van der Waals surface area contributed by atoms with Crippen molar-refractivity contribution in [3.63, 3.8) is 0 Å². The summed E-state index contributed by atoms with van der Waals surface area (Å²) in [6.45, 7) is 0. The molecule has 0 N–H and O–H groups in total. The Kier molecular flexibility index (Phi) is 3.56. The number of aromatic nitrogens is 1. The quantitative estimate of drug-likeness (QED) is 0.766. The lowest BCUT2D eigenvalue weighted by Crippen LogP contribution is -2.12. The lowest BCUT2D eigenvalue weighted by molar-refractivity contribution is -0.143. The highest BCUT2D eigenvalue weighted by Crippen LogP contribution is 2.36. The maximum Gasteiger partial charge on any atom is 0.434 e. The first-order valence-electron chi connectivity index (χ1n) is 3.63. The van der Waals surface area contributed by atoms with Crippen LogP contribution < -0.4 is 0 Å². The molecule has 0 atom stereocenters. The van der Waals surface area contributed by atoms with Crippen LogP contribution >= 0.6 is 22.9 Å². The Morgan fingerprint density at radius 3 is 2.67 bits per heavy atom. The van der Waals surface area contributed by atoms with Gasteiger partial charge in [-0.3, -0.25) is 4.79 Å². The zero-order valence-corrected chi connectivity index (χ0v) is 8.96. The molecule has 0 saturated heterocycles. The van der Waals surface area contributed by atoms with Gasteiger partial charge in [-0.25, -0.2) is 4.98 Å². The van der Waals surface area contributed by atoms with E-state index in [1.807, 2.05) is 0 Å². The standard InChI is InChI=1S/C7H5ClF3NO2S/c1-14-4(13)2-3-5(7(9,10)11)12-6(8)15-3/h2H2,1H3. The van der Waals surface area contributed by atoms with Gasteiger partial charge in [0.05, 0.1) is 13.5 Å². The number of ether oxygens (including phenoxy) is 1. The van der Waals surface area contributed by atoms with Gasteiger partial charge >= 0.3 is 12.1 Å². The predicted molar refractivity (Wildman–Crippen MR) is 47.8 cm³/mol. The number of hydrogen-bond donors (Lipinski definition) is 0. The summed E-state index contributed by atoms with van der Waals surface area (Å²) in [5.41, 5.74) is -1.12. The molecule has 0 spiro atoms. The van der Waals surface area contributed by atoms with Crippen molar-refractivity contribution in [2.45, 2.75) is 12.6 Å². The van der Waals surface area contributed by atoms with Crippen molar-refractivity contribution in [3.05, 3.63) is 15.0 Å². The minimum Gasteiger partial charge on any atom is -0.469 e. The number of hydrogen-bond acceptors (Lipinski definition) is 4. The van der Waals surface area contributed by atoms with E-state index in [9.17, 15) is 18.0 Å². The summed E-state index contributed by atoms with van der Waals surface area (Å²) in [5.74, 6) is -0.763. The van der Waals surface area contributed by atoms with Crippen molar-refractivity contribution in [1.29, 1.82) is 0 Å². The third kappa shape index (κ3) is 3.07. The van der Waals surface area contributed by atoms with E-state index in [1.54, 1.807) is 0 Å². The molecular formula is C7H5ClF3NO2S. The summed E-state index contributed by atoms with van der Waals surface area (Å²) in [6, 6.07) is 0. The van der Waals surface area contributed by atoms with Crippen LogP contribution in [0, 0.1) is 0 Å². The number of esters is 1. The van der Waals surface area contributed by atoms with Gasteiger partial charge in [-0.2, -0.15) is 13.2 Å². The van der Waals surface area contributed by atoms with Crippen LogP contribution in [-0.2, 0) is 22.1 Å². The van der Waals surface area contributed by atoms with Crippen LogP contribution in [0.25, 0.3) is 0 Å². The monoisotopic (exact) mass is 259 g/mol. The lowest BCUT2D eigenvalue weighted by Gasteiger charge is -2.04. The molecule has 1 heterocycles. The van der Waals surface area contributed by atoms with Gasteiger partial charge in [0.25, 0.3) is 0 Å². The smallest absolute Gasteiger partial charge is 0.434 e. The van der Waals surface area contributed by atoms with Crippen molar-refractivity contribution < 1.29 is 22.7 Å². The summed E-state index contributed by atoms with van der Waals surface area (Å²) in [5, 5.41) is 0. The van der Waals surface area contributed by atoms with Gasteiger partial charge in [0.1, 0.15) is 0 Å². The number of thiazole rings is 1. The number of rotatable bonds is 2.